The molecule has 3 N–H and O–H groups in total. The van der Waals surface area contributed by atoms with Gasteiger partial charge in [0.25, 0.3) is 0 Å². The highest BCUT2D eigenvalue weighted by Gasteiger charge is 2.31. The lowest BCUT2D eigenvalue weighted by Crippen LogP contribution is -2.37. The van der Waals surface area contributed by atoms with Gasteiger partial charge in [-0.1, -0.05) is 6.92 Å². The van der Waals surface area contributed by atoms with Crippen molar-refractivity contribution in [3.05, 3.63) is 0 Å². The fourth-order valence-corrected chi connectivity index (χ4v) is 1.32. The van der Waals surface area contributed by atoms with Gasteiger partial charge in [-0.2, -0.15) is 0 Å². The van der Waals surface area contributed by atoms with E-state index >= 15 is 0 Å². The summed E-state index contributed by atoms with van der Waals surface area (Å²) in [5, 5.41) is 21.3. The molecule has 2 unspecified atom stereocenters. The lowest BCUT2D eigenvalue weighted by atomic mass is 10.3. The summed E-state index contributed by atoms with van der Waals surface area (Å²) in [6.45, 7) is 3.42. The Bertz CT molecular complexity index is 176. The topological polar surface area (TPSA) is 72.8 Å². The second kappa shape index (κ2) is 4.55. The summed E-state index contributed by atoms with van der Waals surface area (Å²) in [5.74, 6) is -0.0718. The van der Waals surface area contributed by atoms with E-state index in [1.165, 1.54) is 4.90 Å². The van der Waals surface area contributed by atoms with Crippen molar-refractivity contribution in [3.8, 4) is 0 Å². The lowest BCUT2D eigenvalue weighted by Gasteiger charge is -2.14. The molecule has 0 aromatic rings. The van der Waals surface area contributed by atoms with Crippen molar-refractivity contribution >= 4 is 5.91 Å². The molecule has 0 saturated carbocycles. The molecule has 0 radical (unpaired) electrons. The summed E-state index contributed by atoms with van der Waals surface area (Å²) >= 11 is 0. The highest BCUT2D eigenvalue weighted by Crippen LogP contribution is 2.09. The summed E-state index contributed by atoms with van der Waals surface area (Å²) in [7, 11) is 0. The van der Waals surface area contributed by atoms with Crippen LogP contribution in [0.1, 0.15) is 6.92 Å². The average molecular weight is 188 g/mol. The summed E-state index contributed by atoms with van der Waals surface area (Å²) in [6, 6.07) is 0. The van der Waals surface area contributed by atoms with Crippen LogP contribution in [0.25, 0.3) is 0 Å². The minimum absolute atomic E-state index is 0.0718. The minimum atomic E-state index is -0.787. The quantitative estimate of drug-likeness (QED) is 0.486. The van der Waals surface area contributed by atoms with Crippen LogP contribution in [0.15, 0.2) is 0 Å². The maximum atomic E-state index is 11.3. The van der Waals surface area contributed by atoms with Crippen molar-refractivity contribution in [1.82, 2.24) is 10.2 Å². The Morgan fingerprint density at radius 2 is 2.00 bits per heavy atom. The maximum Gasteiger partial charge on any atom is 0.236 e. The molecule has 2 atom stereocenters. The van der Waals surface area contributed by atoms with Crippen LogP contribution in [0.3, 0.4) is 0 Å². The first kappa shape index (κ1) is 10.4. The Labute approximate surface area is 77.3 Å². The molecule has 1 aliphatic rings. The first-order chi connectivity index (χ1) is 6.15. The van der Waals surface area contributed by atoms with Crippen molar-refractivity contribution in [2.75, 3.05) is 26.2 Å². The number of carbonyl (C=O) groups excluding carboxylic acids is 1. The molecule has 5 nitrogen and oxygen atoms in total. The van der Waals surface area contributed by atoms with Crippen LogP contribution in [0, 0.1) is 0 Å². The molecule has 0 aliphatic carbocycles. The number of nitrogens with one attached hydrogen (secondary N) is 1. The molecule has 1 aliphatic heterocycles. The third-order valence-electron chi connectivity index (χ3n) is 2.14. The zero-order valence-corrected chi connectivity index (χ0v) is 7.73. The van der Waals surface area contributed by atoms with Crippen LogP contribution in [-0.4, -0.2) is 59.4 Å². The highest BCUT2D eigenvalue weighted by atomic mass is 16.3. The molecule has 0 aromatic carbocycles. The molecule has 13 heavy (non-hydrogen) atoms. The molecule has 1 heterocycles. The third kappa shape index (κ3) is 2.65. The average Bonchev–Trinajstić information content (AvgIpc) is 2.43. The number of amides is 1. The van der Waals surface area contributed by atoms with Crippen molar-refractivity contribution in [3.63, 3.8) is 0 Å². The van der Waals surface area contributed by atoms with E-state index < -0.39 is 12.2 Å². The minimum Gasteiger partial charge on any atom is -0.388 e. The van der Waals surface area contributed by atoms with E-state index in [-0.39, 0.29) is 25.5 Å². The second-order valence-corrected chi connectivity index (χ2v) is 3.21. The van der Waals surface area contributed by atoms with E-state index in [1.54, 1.807) is 0 Å². The van der Waals surface area contributed by atoms with Gasteiger partial charge in [-0.15, -0.1) is 0 Å². The van der Waals surface area contributed by atoms with Gasteiger partial charge in [0.15, 0.2) is 0 Å². The van der Waals surface area contributed by atoms with Crippen LogP contribution in [0.2, 0.25) is 0 Å². The largest absolute Gasteiger partial charge is 0.388 e. The van der Waals surface area contributed by atoms with Crippen molar-refractivity contribution < 1.29 is 15.0 Å². The van der Waals surface area contributed by atoms with Crippen molar-refractivity contribution in [1.29, 1.82) is 0 Å². The molecule has 0 spiro atoms. The Kier molecular flexibility index (Phi) is 3.65. The highest BCUT2D eigenvalue weighted by molar-refractivity contribution is 5.78. The molecule has 1 amide bonds. The Morgan fingerprint density at radius 1 is 1.46 bits per heavy atom. The molecule has 76 valence electrons. The molecule has 0 bridgehead atoms. The summed E-state index contributed by atoms with van der Waals surface area (Å²) < 4.78 is 0. The first-order valence-electron chi connectivity index (χ1n) is 4.49. The summed E-state index contributed by atoms with van der Waals surface area (Å²) in [4.78, 5) is 12.8. The molecule has 0 aromatic heterocycles. The normalized spacial score (nSPS) is 28.1. The molecule has 5 heteroatoms. The van der Waals surface area contributed by atoms with Crippen molar-refractivity contribution in [2.45, 2.75) is 19.1 Å². The zero-order chi connectivity index (χ0) is 9.84. The van der Waals surface area contributed by atoms with Crippen LogP contribution >= 0.6 is 0 Å². The number of nitrogens with zero attached hydrogens (tertiary/aromatic N) is 1. The number of likely N-dealkylation sites (tertiary alicyclic amines) is 1. The third-order valence-corrected chi connectivity index (χ3v) is 2.14. The van der Waals surface area contributed by atoms with Crippen LogP contribution in [-0.2, 0) is 4.79 Å². The van der Waals surface area contributed by atoms with Gasteiger partial charge in [0.05, 0.1) is 18.8 Å². The molecule has 1 saturated heterocycles. The molecule has 1 fully saturated rings. The number of likely N-dealkylation sites (N-methyl/N-ethyl adjacent to an activating group) is 1. The van der Waals surface area contributed by atoms with Crippen LogP contribution in [0.5, 0.6) is 0 Å². The summed E-state index contributed by atoms with van der Waals surface area (Å²) in [6.07, 6.45) is -1.57. The number of aliphatic hydroxyl groups excluding tert-OH is 2. The summed E-state index contributed by atoms with van der Waals surface area (Å²) in [5.41, 5.74) is 0. The number of hydrogen-bond donors (Lipinski definition) is 3. The van der Waals surface area contributed by atoms with E-state index in [4.69, 9.17) is 0 Å². The van der Waals surface area contributed by atoms with Gasteiger partial charge in [0, 0.05) is 13.1 Å². The van der Waals surface area contributed by atoms with Gasteiger partial charge < -0.3 is 20.4 Å². The molecular formula is C8H16N2O3. The maximum absolute atomic E-state index is 11.3. The zero-order valence-electron chi connectivity index (χ0n) is 7.73. The van der Waals surface area contributed by atoms with Gasteiger partial charge in [0.2, 0.25) is 5.91 Å². The smallest absolute Gasteiger partial charge is 0.236 e. The lowest BCUT2D eigenvalue weighted by molar-refractivity contribution is -0.129. The van der Waals surface area contributed by atoms with Crippen LogP contribution in [0.4, 0.5) is 0 Å². The Hall–Kier alpha value is -0.650. The SMILES string of the molecule is CCNCC(=O)N1CC(O)C(O)C1. The number of β-amino-alcohol motifs (C(OH)–C–C–N with tert-alkyl or cyclic N) is 2. The Morgan fingerprint density at radius 3 is 2.46 bits per heavy atom. The van der Waals surface area contributed by atoms with E-state index in [0.717, 1.165) is 6.54 Å². The molecular weight excluding hydrogens is 172 g/mol. The van der Waals surface area contributed by atoms with Gasteiger partial charge in [-0.25, -0.2) is 0 Å². The van der Waals surface area contributed by atoms with E-state index in [9.17, 15) is 15.0 Å². The monoisotopic (exact) mass is 188 g/mol. The fourth-order valence-electron chi connectivity index (χ4n) is 1.32. The number of rotatable bonds is 3. The van der Waals surface area contributed by atoms with Crippen LogP contribution < -0.4 is 5.32 Å². The van der Waals surface area contributed by atoms with E-state index in [0.29, 0.717) is 0 Å². The van der Waals surface area contributed by atoms with E-state index in [1.807, 2.05) is 6.92 Å². The number of carbonyl (C=O) groups is 1. The van der Waals surface area contributed by atoms with Crippen molar-refractivity contribution in [2.24, 2.45) is 0 Å². The number of aliphatic hydroxyl groups is 2. The Balaban J connectivity index is 2.33. The predicted octanol–water partition coefficient (Wildman–Crippen LogP) is -1.84. The van der Waals surface area contributed by atoms with E-state index in [2.05, 4.69) is 5.32 Å². The predicted molar refractivity (Wildman–Crippen MR) is 47.1 cm³/mol. The first-order valence-corrected chi connectivity index (χ1v) is 4.49. The second-order valence-electron chi connectivity index (χ2n) is 3.21. The van der Waals surface area contributed by atoms with Gasteiger partial charge in [0.1, 0.15) is 0 Å². The standard InChI is InChI=1S/C8H16N2O3/c1-2-9-3-8(13)10-4-6(11)7(12)5-10/h6-7,9,11-12H,2-5H2,1H3. The number of hydrogen-bond acceptors (Lipinski definition) is 4. The van der Waals surface area contributed by atoms with Gasteiger partial charge >= 0.3 is 0 Å². The fraction of sp³-hybridized carbons (Fsp3) is 0.875. The van der Waals surface area contributed by atoms with Gasteiger partial charge in [-0.3, -0.25) is 4.79 Å². The molecule has 1 rings (SSSR count). The van der Waals surface area contributed by atoms with Gasteiger partial charge in [-0.05, 0) is 6.54 Å².